The van der Waals surface area contributed by atoms with Gasteiger partial charge in [-0.1, -0.05) is 30.3 Å². The molecular weight excluding hydrogens is 364 g/mol. The van der Waals surface area contributed by atoms with Crippen LogP contribution >= 0.6 is 0 Å². The fourth-order valence-electron chi connectivity index (χ4n) is 2.89. The Labute approximate surface area is 161 Å². The Morgan fingerprint density at radius 2 is 1.82 bits per heavy atom. The molecule has 28 heavy (non-hydrogen) atoms. The van der Waals surface area contributed by atoms with Crippen LogP contribution < -0.4 is 4.74 Å². The Bertz CT molecular complexity index is 977. The van der Waals surface area contributed by atoms with E-state index in [0.717, 1.165) is 10.2 Å². The van der Waals surface area contributed by atoms with Crippen molar-refractivity contribution >= 4 is 0 Å². The van der Waals surface area contributed by atoms with Crippen molar-refractivity contribution in [3.05, 3.63) is 77.1 Å². The molecule has 0 aliphatic rings. The van der Waals surface area contributed by atoms with Crippen molar-refractivity contribution in [3.63, 3.8) is 0 Å². The van der Waals surface area contributed by atoms with Gasteiger partial charge in [-0.05, 0) is 49.6 Å². The number of rotatable bonds is 7. The van der Waals surface area contributed by atoms with Gasteiger partial charge in [0, 0.05) is 6.61 Å². The van der Waals surface area contributed by atoms with Crippen LogP contribution in [0.25, 0.3) is 5.69 Å². The molecule has 1 heterocycles. The van der Waals surface area contributed by atoms with Gasteiger partial charge in [0.1, 0.15) is 17.4 Å². The summed E-state index contributed by atoms with van der Waals surface area (Å²) in [5.74, 6) is -0.0277. The van der Waals surface area contributed by atoms with Gasteiger partial charge in [0.2, 0.25) is 0 Å². The molecule has 144 valence electrons. The van der Waals surface area contributed by atoms with E-state index in [1.54, 1.807) is 42.5 Å². The Morgan fingerprint density at radius 3 is 2.43 bits per heavy atom. The zero-order chi connectivity index (χ0) is 20.1. The molecular formula is C21H19F2N3O2. The van der Waals surface area contributed by atoms with E-state index in [-0.39, 0.29) is 23.6 Å². The van der Waals surface area contributed by atoms with Crippen molar-refractivity contribution < 1.29 is 18.6 Å². The summed E-state index contributed by atoms with van der Waals surface area (Å²) in [6.45, 7) is 1.57. The molecule has 3 aromatic rings. The molecule has 0 radical (unpaired) electrons. The number of hydrogen-bond donors (Lipinski definition) is 1. The fraction of sp³-hybridized carbons (Fsp3) is 0.238. The van der Waals surface area contributed by atoms with Crippen molar-refractivity contribution in [2.45, 2.75) is 25.9 Å². The maximum absolute atomic E-state index is 15.1. The first-order chi connectivity index (χ1) is 13.5. The molecule has 0 spiro atoms. The maximum atomic E-state index is 15.1. The average molecular weight is 383 g/mol. The lowest BCUT2D eigenvalue weighted by molar-refractivity contribution is -0.190. The Morgan fingerprint density at radius 1 is 1.14 bits per heavy atom. The first-order valence-electron chi connectivity index (χ1n) is 8.78. The number of nitrogens with zero attached hydrogens (tertiary/aromatic N) is 3. The normalized spacial score (nSPS) is 11.2. The van der Waals surface area contributed by atoms with Gasteiger partial charge in [0.05, 0.1) is 11.4 Å². The van der Waals surface area contributed by atoms with Crippen molar-refractivity contribution in [1.82, 2.24) is 9.78 Å². The van der Waals surface area contributed by atoms with Crippen LogP contribution in [-0.2, 0) is 12.5 Å². The number of aromatic nitrogens is 2. The van der Waals surface area contributed by atoms with Gasteiger partial charge in [-0.15, -0.1) is 0 Å². The Kier molecular flexibility index (Phi) is 5.71. The fourth-order valence-corrected chi connectivity index (χ4v) is 2.89. The zero-order valence-corrected chi connectivity index (χ0v) is 15.3. The molecule has 0 fully saturated rings. The highest BCUT2D eigenvalue weighted by molar-refractivity contribution is 5.45. The highest BCUT2D eigenvalue weighted by atomic mass is 19.3. The van der Waals surface area contributed by atoms with Crippen LogP contribution in [0.4, 0.5) is 8.78 Å². The van der Waals surface area contributed by atoms with Gasteiger partial charge >= 0.3 is 6.11 Å². The highest BCUT2D eigenvalue weighted by Gasteiger charge is 2.43. The number of aliphatic hydroxyl groups is 1. The van der Waals surface area contributed by atoms with Crippen LogP contribution in [0.2, 0.25) is 0 Å². The van der Waals surface area contributed by atoms with Gasteiger partial charge < -0.3 is 9.84 Å². The molecule has 2 aromatic carbocycles. The summed E-state index contributed by atoms with van der Waals surface area (Å²) >= 11 is 0. The van der Waals surface area contributed by atoms with Crippen LogP contribution in [-0.4, -0.2) is 21.5 Å². The molecule has 0 bridgehead atoms. The largest absolute Gasteiger partial charge is 0.445 e. The van der Waals surface area contributed by atoms with Gasteiger partial charge in [-0.3, -0.25) is 0 Å². The van der Waals surface area contributed by atoms with E-state index in [1.165, 1.54) is 19.1 Å². The quantitative estimate of drug-likeness (QED) is 0.667. The first-order valence-corrected chi connectivity index (χ1v) is 8.78. The molecule has 0 aliphatic heterocycles. The SMILES string of the molecule is Cc1nn(-c2ccccc2)c(C(F)(F)Oc2ccc(CCCO)cc2)c1C#N. The van der Waals surface area contributed by atoms with Crippen molar-refractivity contribution in [2.24, 2.45) is 0 Å². The number of ether oxygens (including phenoxy) is 1. The van der Waals surface area contributed by atoms with E-state index in [4.69, 9.17) is 9.84 Å². The molecule has 1 N–H and O–H groups in total. The number of hydrogen-bond acceptors (Lipinski definition) is 4. The lowest BCUT2D eigenvalue weighted by atomic mass is 10.1. The van der Waals surface area contributed by atoms with Gasteiger partial charge in [-0.2, -0.15) is 19.1 Å². The Hall–Kier alpha value is -3.24. The first kappa shape index (κ1) is 19.5. The third kappa shape index (κ3) is 4.02. The zero-order valence-electron chi connectivity index (χ0n) is 15.3. The molecule has 0 unspecified atom stereocenters. The second-order valence-electron chi connectivity index (χ2n) is 6.26. The van der Waals surface area contributed by atoms with Crippen molar-refractivity contribution in [2.75, 3.05) is 6.61 Å². The standard InChI is InChI=1S/C21H19F2N3O2/c1-15-19(14-24)20(26(25-15)17-7-3-2-4-8-17)21(22,23)28-18-11-9-16(10-12-18)6-5-13-27/h2-4,7-12,27H,5-6,13H2,1H3. The number of benzene rings is 2. The molecule has 7 heteroatoms. The van der Waals surface area contributed by atoms with E-state index in [2.05, 4.69) is 5.10 Å². The molecule has 0 saturated carbocycles. The van der Waals surface area contributed by atoms with E-state index >= 15 is 8.78 Å². The number of alkyl halides is 2. The number of aliphatic hydroxyl groups excluding tert-OH is 1. The van der Waals surface area contributed by atoms with Crippen LogP contribution in [0.1, 0.15) is 28.9 Å². The summed E-state index contributed by atoms with van der Waals surface area (Å²) in [5, 5.41) is 22.4. The number of nitriles is 1. The van der Waals surface area contributed by atoms with Crippen molar-refractivity contribution in [1.29, 1.82) is 5.26 Å². The van der Waals surface area contributed by atoms with Gasteiger partial charge in [0.25, 0.3) is 0 Å². The van der Waals surface area contributed by atoms with Crippen LogP contribution in [0.15, 0.2) is 54.6 Å². The third-order valence-electron chi connectivity index (χ3n) is 4.24. The number of aryl methyl sites for hydroxylation is 2. The smallest absolute Gasteiger partial charge is 0.428 e. The summed E-state index contributed by atoms with van der Waals surface area (Å²) in [4.78, 5) is 0. The highest BCUT2D eigenvalue weighted by Crippen LogP contribution is 2.36. The lowest BCUT2D eigenvalue weighted by Gasteiger charge is -2.20. The van der Waals surface area contributed by atoms with Crippen molar-refractivity contribution in [3.8, 4) is 17.5 Å². The van der Waals surface area contributed by atoms with E-state index < -0.39 is 11.8 Å². The molecule has 3 rings (SSSR count). The lowest BCUT2D eigenvalue weighted by Crippen LogP contribution is -2.26. The summed E-state index contributed by atoms with van der Waals surface area (Å²) in [6, 6.07) is 16.5. The summed E-state index contributed by atoms with van der Waals surface area (Å²) in [7, 11) is 0. The average Bonchev–Trinajstić information content (AvgIpc) is 3.05. The summed E-state index contributed by atoms with van der Waals surface area (Å²) in [6.07, 6.45) is -2.53. The van der Waals surface area contributed by atoms with Gasteiger partial charge in [-0.25, -0.2) is 4.68 Å². The minimum Gasteiger partial charge on any atom is -0.428 e. The van der Waals surface area contributed by atoms with Crippen LogP contribution in [0.3, 0.4) is 0 Å². The molecule has 0 amide bonds. The minimum absolute atomic E-state index is 0.0277. The summed E-state index contributed by atoms with van der Waals surface area (Å²) < 4.78 is 36.2. The molecule has 5 nitrogen and oxygen atoms in total. The second-order valence-corrected chi connectivity index (χ2v) is 6.26. The maximum Gasteiger partial charge on any atom is 0.445 e. The second kappa shape index (κ2) is 8.19. The summed E-state index contributed by atoms with van der Waals surface area (Å²) in [5.41, 5.74) is 0.692. The predicted molar refractivity (Wildman–Crippen MR) is 99.4 cm³/mol. The monoisotopic (exact) mass is 383 g/mol. The Balaban J connectivity index is 1.96. The van der Waals surface area contributed by atoms with E-state index in [1.807, 2.05) is 6.07 Å². The molecule has 0 atom stereocenters. The topological polar surface area (TPSA) is 71.1 Å². The third-order valence-corrected chi connectivity index (χ3v) is 4.24. The molecule has 0 aliphatic carbocycles. The van der Waals surface area contributed by atoms with Crippen LogP contribution in [0.5, 0.6) is 5.75 Å². The number of para-hydroxylation sites is 1. The van der Waals surface area contributed by atoms with Gasteiger partial charge in [0.15, 0.2) is 5.69 Å². The molecule has 0 saturated heterocycles. The number of halogens is 2. The van der Waals surface area contributed by atoms with E-state index in [9.17, 15) is 5.26 Å². The molecule has 1 aromatic heterocycles. The van der Waals surface area contributed by atoms with Crippen LogP contribution in [0, 0.1) is 18.3 Å². The van der Waals surface area contributed by atoms with E-state index in [0.29, 0.717) is 18.5 Å². The predicted octanol–water partition coefficient (Wildman–Crippen LogP) is 4.11. The minimum atomic E-state index is -3.77.